The molecule has 3 heterocycles. The lowest BCUT2D eigenvalue weighted by Gasteiger charge is -2.24. The van der Waals surface area contributed by atoms with Gasteiger partial charge in [-0.25, -0.2) is 8.42 Å². The maximum absolute atomic E-state index is 12.8. The van der Waals surface area contributed by atoms with Gasteiger partial charge in [-0.3, -0.25) is 4.79 Å². The lowest BCUT2D eigenvalue weighted by atomic mass is 10.0. The molecule has 24 heavy (non-hydrogen) atoms. The lowest BCUT2D eigenvalue weighted by molar-refractivity contribution is 0.546. The number of sulfone groups is 1. The van der Waals surface area contributed by atoms with Gasteiger partial charge in [0.1, 0.15) is 5.76 Å². The number of fused-ring (bicyclic) bond motifs is 3. The summed E-state index contributed by atoms with van der Waals surface area (Å²) in [5.74, 6) is 0.558. The van der Waals surface area contributed by atoms with Gasteiger partial charge < -0.3 is 4.42 Å². The van der Waals surface area contributed by atoms with Crippen molar-refractivity contribution in [2.75, 3.05) is 0 Å². The van der Waals surface area contributed by atoms with Crippen molar-refractivity contribution in [1.82, 2.24) is 20.6 Å². The van der Waals surface area contributed by atoms with Crippen molar-refractivity contribution < 1.29 is 12.8 Å². The summed E-state index contributed by atoms with van der Waals surface area (Å²) in [6.07, 6.45) is 0. The third-order valence-electron chi connectivity index (χ3n) is 4.23. The molecule has 8 nitrogen and oxygen atoms in total. The molecule has 122 valence electrons. The van der Waals surface area contributed by atoms with Crippen LogP contribution in [-0.2, 0) is 9.84 Å². The van der Waals surface area contributed by atoms with Crippen LogP contribution in [0.5, 0.6) is 0 Å². The first-order chi connectivity index (χ1) is 11.4. The maximum Gasteiger partial charge on any atom is 0.240 e. The van der Waals surface area contributed by atoms with E-state index in [1.807, 2.05) is 0 Å². The molecule has 2 aromatic heterocycles. The summed E-state index contributed by atoms with van der Waals surface area (Å²) >= 11 is 0. The SMILES string of the molecule is Cc1c(-c2nn[nH]n2)oc2c(c1=O)C(C)S(=O)(=O)c1ccccc1-2. The number of rotatable bonds is 1. The van der Waals surface area contributed by atoms with Gasteiger partial charge in [0, 0.05) is 11.1 Å². The van der Waals surface area contributed by atoms with E-state index < -0.39 is 15.1 Å². The Labute approximate surface area is 136 Å². The van der Waals surface area contributed by atoms with Gasteiger partial charge >= 0.3 is 0 Å². The maximum atomic E-state index is 12.8. The first kappa shape index (κ1) is 14.8. The molecule has 0 radical (unpaired) electrons. The molecule has 1 aromatic carbocycles. The van der Waals surface area contributed by atoms with Gasteiger partial charge in [-0.05, 0) is 31.2 Å². The fraction of sp³-hybridized carbons (Fsp3) is 0.200. The van der Waals surface area contributed by atoms with Crippen molar-refractivity contribution in [3.63, 3.8) is 0 Å². The molecule has 0 saturated carbocycles. The minimum atomic E-state index is -3.65. The number of hydrogen-bond donors (Lipinski definition) is 1. The highest BCUT2D eigenvalue weighted by Gasteiger charge is 2.39. The molecule has 0 fully saturated rings. The molecule has 0 bridgehead atoms. The van der Waals surface area contributed by atoms with Gasteiger partial charge in [0.2, 0.25) is 5.82 Å². The molecule has 4 rings (SSSR count). The summed E-state index contributed by atoms with van der Waals surface area (Å²) in [4.78, 5) is 13.0. The number of aromatic amines is 1. The summed E-state index contributed by atoms with van der Waals surface area (Å²) < 4.78 is 31.3. The molecular weight excluding hydrogens is 332 g/mol. The quantitative estimate of drug-likeness (QED) is 0.712. The highest BCUT2D eigenvalue weighted by molar-refractivity contribution is 7.91. The summed E-state index contributed by atoms with van der Waals surface area (Å²) in [6, 6.07) is 6.47. The van der Waals surface area contributed by atoms with Gasteiger partial charge in [0.05, 0.1) is 15.7 Å². The monoisotopic (exact) mass is 344 g/mol. The molecule has 3 aromatic rings. The zero-order valence-electron chi connectivity index (χ0n) is 12.8. The number of aromatic nitrogens is 4. The largest absolute Gasteiger partial charge is 0.452 e. The highest BCUT2D eigenvalue weighted by atomic mass is 32.2. The third-order valence-corrected chi connectivity index (χ3v) is 6.37. The zero-order chi connectivity index (χ0) is 17.1. The predicted molar refractivity (Wildman–Crippen MR) is 83.9 cm³/mol. The van der Waals surface area contributed by atoms with Crippen molar-refractivity contribution in [3.05, 3.63) is 45.6 Å². The number of tetrazole rings is 1. The average molecular weight is 344 g/mol. The molecule has 0 amide bonds. The summed E-state index contributed by atoms with van der Waals surface area (Å²) in [5, 5.41) is 12.5. The van der Waals surface area contributed by atoms with Gasteiger partial charge in [-0.1, -0.05) is 12.1 Å². The van der Waals surface area contributed by atoms with Crippen LogP contribution in [0.3, 0.4) is 0 Å². The van der Waals surface area contributed by atoms with Crippen molar-refractivity contribution in [1.29, 1.82) is 0 Å². The van der Waals surface area contributed by atoms with Gasteiger partial charge in [0.25, 0.3) is 0 Å². The van der Waals surface area contributed by atoms with Gasteiger partial charge in [-0.2, -0.15) is 5.21 Å². The Balaban J connectivity index is 2.15. The van der Waals surface area contributed by atoms with Crippen LogP contribution in [0.1, 0.15) is 23.3 Å². The van der Waals surface area contributed by atoms with E-state index in [1.54, 1.807) is 25.1 Å². The molecule has 0 saturated heterocycles. The summed E-state index contributed by atoms with van der Waals surface area (Å²) in [5.41, 5.74) is 0.365. The number of hydrogen-bond acceptors (Lipinski definition) is 7. The normalized spacial score (nSPS) is 18.0. The number of benzene rings is 1. The molecule has 9 heteroatoms. The van der Waals surface area contributed by atoms with Crippen LogP contribution in [0.2, 0.25) is 0 Å². The van der Waals surface area contributed by atoms with E-state index in [0.717, 1.165) is 0 Å². The fourth-order valence-corrected chi connectivity index (χ4v) is 4.57. The van der Waals surface area contributed by atoms with Crippen LogP contribution in [0.15, 0.2) is 38.4 Å². The van der Waals surface area contributed by atoms with Crippen molar-refractivity contribution in [2.45, 2.75) is 24.0 Å². The minimum absolute atomic E-state index is 0.137. The van der Waals surface area contributed by atoms with E-state index in [0.29, 0.717) is 5.56 Å². The number of nitrogens with one attached hydrogen (secondary N) is 1. The first-order valence-electron chi connectivity index (χ1n) is 7.17. The molecule has 1 atom stereocenters. The lowest BCUT2D eigenvalue weighted by Crippen LogP contribution is -2.26. The number of H-pyrrole nitrogens is 1. The Hall–Kier alpha value is -2.81. The second kappa shape index (κ2) is 4.84. The van der Waals surface area contributed by atoms with Crippen LogP contribution in [0, 0.1) is 6.92 Å². The summed E-state index contributed by atoms with van der Waals surface area (Å²) in [7, 11) is -3.65. The Morgan fingerprint density at radius 3 is 2.67 bits per heavy atom. The molecular formula is C15H12N4O4S. The first-order valence-corrected chi connectivity index (χ1v) is 8.72. The Bertz CT molecular complexity index is 1120. The van der Waals surface area contributed by atoms with Gasteiger partial charge in [0.15, 0.2) is 21.0 Å². The predicted octanol–water partition coefficient (Wildman–Crippen LogP) is 1.64. The third kappa shape index (κ3) is 1.81. The topological polar surface area (TPSA) is 119 Å². The highest BCUT2D eigenvalue weighted by Crippen LogP contribution is 2.44. The van der Waals surface area contributed by atoms with Crippen molar-refractivity contribution in [2.24, 2.45) is 0 Å². The zero-order valence-corrected chi connectivity index (χ0v) is 13.6. The van der Waals surface area contributed by atoms with Crippen LogP contribution >= 0.6 is 0 Å². The van der Waals surface area contributed by atoms with Crippen LogP contribution < -0.4 is 5.43 Å². The van der Waals surface area contributed by atoms with E-state index in [9.17, 15) is 13.2 Å². The molecule has 0 aliphatic carbocycles. The van der Waals surface area contributed by atoms with Crippen molar-refractivity contribution >= 4 is 9.84 Å². The molecule has 1 aliphatic rings. The number of nitrogens with zero attached hydrogens (tertiary/aromatic N) is 3. The average Bonchev–Trinajstić information content (AvgIpc) is 3.10. The molecule has 0 spiro atoms. The van der Waals surface area contributed by atoms with E-state index in [1.165, 1.54) is 13.0 Å². The van der Waals surface area contributed by atoms with Gasteiger partial charge in [-0.15, -0.1) is 10.2 Å². The van der Waals surface area contributed by atoms with Crippen molar-refractivity contribution in [3.8, 4) is 22.9 Å². The second-order valence-corrected chi connectivity index (χ2v) is 7.78. The Kier molecular flexibility index (Phi) is 2.98. The standard InChI is InChI=1S/C15H12N4O4S/c1-7-12(20)11-8(2)24(21,22)10-6-4-3-5-9(10)14(11)23-13(7)15-16-18-19-17-15/h3-6,8H,1-2H3,(H,16,17,18,19). The van der Waals surface area contributed by atoms with E-state index in [2.05, 4.69) is 20.6 Å². The van der Waals surface area contributed by atoms with Crippen LogP contribution in [-0.4, -0.2) is 29.0 Å². The minimum Gasteiger partial charge on any atom is -0.452 e. The Morgan fingerprint density at radius 1 is 1.21 bits per heavy atom. The Morgan fingerprint density at radius 2 is 1.96 bits per heavy atom. The van der Waals surface area contributed by atoms with E-state index in [-0.39, 0.29) is 38.8 Å². The molecule has 1 N–H and O–H groups in total. The van der Waals surface area contributed by atoms with E-state index in [4.69, 9.17) is 4.42 Å². The smallest absolute Gasteiger partial charge is 0.240 e. The molecule has 1 unspecified atom stereocenters. The van der Waals surface area contributed by atoms with Crippen LogP contribution in [0.25, 0.3) is 22.9 Å². The summed E-state index contributed by atoms with van der Waals surface area (Å²) in [6.45, 7) is 3.05. The van der Waals surface area contributed by atoms with E-state index >= 15 is 0 Å². The second-order valence-electron chi connectivity index (χ2n) is 5.55. The molecule has 1 aliphatic heterocycles. The fourth-order valence-electron chi connectivity index (χ4n) is 2.93. The van der Waals surface area contributed by atoms with Crippen LogP contribution in [0.4, 0.5) is 0 Å².